The smallest absolute Gasteiger partial charge is 0.222 e. The van der Waals surface area contributed by atoms with Crippen LogP contribution in [0, 0.1) is 5.92 Å². The molecule has 1 saturated heterocycles. The Morgan fingerprint density at radius 1 is 1.35 bits per heavy atom. The Balaban J connectivity index is 2.00. The number of benzene rings is 1. The van der Waals surface area contributed by atoms with Gasteiger partial charge in [-0.2, -0.15) is 0 Å². The van der Waals surface area contributed by atoms with Crippen molar-refractivity contribution < 1.29 is 9.90 Å². The highest BCUT2D eigenvalue weighted by atomic mass is 16.3. The van der Waals surface area contributed by atoms with Gasteiger partial charge < -0.3 is 10.4 Å². The number of nitrogens with zero attached hydrogens (tertiary/aromatic N) is 1. The molecule has 1 atom stereocenters. The van der Waals surface area contributed by atoms with Crippen molar-refractivity contribution in [3.8, 4) is 5.75 Å². The molecule has 1 aliphatic rings. The molecule has 1 fully saturated rings. The molecule has 1 amide bonds. The quantitative estimate of drug-likeness (QED) is 0.887. The summed E-state index contributed by atoms with van der Waals surface area (Å²) >= 11 is 0. The summed E-state index contributed by atoms with van der Waals surface area (Å²) in [4.78, 5) is 14.1. The third-order valence-electron chi connectivity index (χ3n) is 4.25. The van der Waals surface area contributed by atoms with E-state index in [0.717, 1.165) is 32.4 Å². The summed E-state index contributed by atoms with van der Waals surface area (Å²) < 4.78 is 0. The van der Waals surface area contributed by atoms with Crippen molar-refractivity contribution in [3.05, 3.63) is 29.8 Å². The molecule has 1 aromatic carbocycles. The number of piperidine rings is 1. The maximum absolute atomic E-state index is 11.7. The first kappa shape index (κ1) is 14.9. The molecule has 1 unspecified atom stereocenters. The molecule has 0 radical (unpaired) electrons. The average molecular weight is 276 g/mol. The van der Waals surface area contributed by atoms with E-state index >= 15 is 0 Å². The second-order valence-corrected chi connectivity index (χ2v) is 5.44. The van der Waals surface area contributed by atoms with E-state index < -0.39 is 0 Å². The lowest BCUT2D eigenvalue weighted by Crippen LogP contribution is -2.41. The summed E-state index contributed by atoms with van der Waals surface area (Å²) in [5, 5.41) is 12.1. The van der Waals surface area contributed by atoms with E-state index in [4.69, 9.17) is 0 Å². The van der Waals surface area contributed by atoms with Gasteiger partial charge in [-0.1, -0.05) is 19.1 Å². The number of carbonyl (C=O) groups excluding carboxylic acids is 1. The predicted molar refractivity (Wildman–Crippen MR) is 79.5 cm³/mol. The molecular formula is C16H24N2O2. The average Bonchev–Trinajstić information content (AvgIpc) is 2.50. The van der Waals surface area contributed by atoms with Crippen LogP contribution in [0.3, 0.4) is 0 Å². The van der Waals surface area contributed by atoms with E-state index in [1.165, 1.54) is 5.56 Å². The summed E-state index contributed by atoms with van der Waals surface area (Å²) in [6.07, 6.45) is 2.89. The van der Waals surface area contributed by atoms with Gasteiger partial charge in [0.1, 0.15) is 5.75 Å². The van der Waals surface area contributed by atoms with Crippen molar-refractivity contribution in [1.82, 2.24) is 10.2 Å². The molecule has 1 aliphatic heterocycles. The van der Waals surface area contributed by atoms with Crippen LogP contribution in [0.2, 0.25) is 0 Å². The van der Waals surface area contributed by atoms with Gasteiger partial charge in [0.2, 0.25) is 5.91 Å². The normalized spacial score (nSPS) is 18.7. The molecule has 110 valence electrons. The first-order valence-corrected chi connectivity index (χ1v) is 7.40. The molecule has 0 aliphatic carbocycles. The highest BCUT2D eigenvalue weighted by Gasteiger charge is 2.28. The number of likely N-dealkylation sites (tertiary alicyclic amines) is 1. The van der Waals surface area contributed by atoms with Crippen LogP contribution in [0.4, 0.5) is 0 Å². The zero-order valence-electron chi connectivity index (χ0n) is 12.3. The Morgan fingerprint density at radius 2 is 1.95 bits per heavy atom. The monoisotopic (exact) mass is 276 g/mol. The number of phenolic OH excluding ortho intramolecular Hbond substituents is 1. The van der Waals surface area contributed by atoms with Gasteiger partial charge in [0.25, 0.3) is 0 Å². The van der Waals surface area contributed by atoms with Crippen LogP contribution in [0.25, 0.3) is 0 Å². The fraction of sp³-hybridized carbons (Fsp3) is 0.562. The second kappa shape index (κ2) is 6.75. The summed E-state index contributed by atoms with van der Waals surface area (Å²) in [6, 6.07) is 7.86. The zero-order chi connectivity index (χ0) is 14.5. The number of nitrogens with one attached hydrogen (secondary N) is 1. The summed E-state index contributed by atoms with van der Waals surface area (Å²) in [7, 11) is 1.71. The fourth-order valence-electron chi connectivity index (χ4n) is 3.08. The number of rotatable bonds is 4. The highest BCUT2D eigenvalue weighted by Crippen LogP contribution is 2.30. The van der Waals surface area contributed by atoms with Gasteiger partial charge in [-0.05, 0) is 50.0 Å². The molecular weight excluding hydrogens is 252 g/mol. The van der Waals surface area contributed by atoms with Gasteiger partial charge in [-0.3, -0.25) is 9.69 Å². The maximum atomic E-state index is 11.7. The molecule has 2 rings (SSSR count). The van der Waals surface area contributed by atoms with Gasteiger partial charge in [0.15, 0.2) is 0 Å². The van der Waals surface area contributed by atoms with Crippen LogP contribution in [0.5, 0.6) is 5.75 Å². The third-order valence-corrected chi connectivity index (χ3v) is 4.25. The van der Waals surface area contributed by atoms with E-state index in [9.17, 15) is 9.90 Å². The van der Waals surface area contributed by atoms with Crippen LogP contribution in [-0.4, -0.2) is 36.1 Å². The number of hydrogen-bond acceptors (Lipinski definition) is 3. The van der Waals surface area contributed by atoms with Gasteiger partial charge in [-0.15, -0.1) is 0 Å². The first-order chi connectivity index (χ1) is 9.65. The lowest BCUT2D eigenvalue weighted by atomic mass is 9.93. The number of aromatic hydroxyl groups is 1. The Kier molecular flexibility index (Phi) is 5.01. The Hall–Kier alpha value is -1.55. The van der Waals surface area contributed by atoms with Crippen LogP contribution in [0.1, 0.15) is 37.8 Å². The molecule has 0 bridgehead atoms. The van der Waals surface area contributed by atoms with Crippen molar-refractivity contribution in [2.75, 3.05) is 20.1 Å². The van der Waals surface area contributed by atoms with Crippen molar-refractivity contribution in [1.29, 1.82) is 0 Å². The standard InChI is InChI=1S/C16H24N2O2/c1-3-15(12-4-6-14(19)7-5-12)18-10-8-13(9-11-18)16(20)17-2/h4-7,13,15,19H,3,8-11H2,1-2H3,(H,17,20). The molecule has 2 N–H and O–H groups in total. The summed E-state index contributed by atoms with van der Waals surface area (Å²) in [6.45, 7) is 4.09. The molecule has 4 heteroatoms. The molecule has 0 saturated carbocycles. The third kappa shape index (κ3) is 3.31. The van der Waals surface area contributed by atoms with E-state index in [1.807, 2.05) is 12.1 Å². The van der Waals surface area contributed by atoms with Crippen molar-refractivity contribution in [2.24, 2.45) is 5.92 Å². The van der Waals surface area contributed by atoms with Crippen LogP contribution < -0.4 is 5.32 Å². The van der Waals surface area contributed by atoms with E-state index in [1.54, 1.807) is 19.2 Å². The molecule has 0 aromatic heterocycles. The molecule has 0 spiro atoms. The number of carbonyl (C=O) groups is 1. The number of phenols is 1. The van der Waals surface area contributed by atoms with Crippen LogP contribution in [-0.2, 0) is 4.79 Å². The lowest BCUT2D eigenvalue weighted by Gasteiger charge is -2.37. The molecule has 1 heterocycles. The topological polar surface area (TPSA) is 52.6 Å². The largest absolute Gasteiger partial charge is 0.508 e. The van der Waals surface area contributed by atoms with Crippen molar-refractivity contribution >= 4 is 5.91 Å². The van der Waals surface area contributed by atoms with Crippen LogP contribution in [0.15, 0.2) is 24.3 Å². The van der Waals surface area contributed by atoms with Crippen LogP contribution >= 0.6 is 0 Å². The van der Waals surface area contributed by atoms with Gasteiger partial charge in [-0.25, -0.2) is 0 Å². The van der Waals surface area contributed by atoms with E-state index in [-0.39, 0.29) is 11.8 Å². The zero-order valence-corrected chi connectivity index (χ0v) is 12.3. The van der Waals surface area contributed by atoms with Crippen molar-refractivity contribution in [2.45, 2.75) is 32.2 Å². The van der Waals surface area contributed by atoms with Gasteiger partial charge in [0.05, 0.1) is 0 Å². The van der Waals surface area contributed by atoms with E-state index in [0.29, 0.717) is 11.8 Å². The minimum Gasteiger partial charge on any atom is -0.508 e. The van der Waals surface area contributed by atoms with E-state index in [2.05, 4.69) is 17.1 Å². The summed E-state index contributed by atoms with van der Waals surface area (Å²) in [5.74, 6) is 0.637. The maximum Gasteiger partial charge on any atom is 0.222 e. The molecule has 4 nitrogen and oxygen atoms in total. The Labute approximate surface area is 120 Å². The molecule has 20 heavy (non-hydrogen) atoms. The minimum absolute atomic E-state index is 0.161. The van der Waals surface area contributed by atoms with Crippen molar-refractivity contribution in [3.63, 3.8) is 0 Å². The molecule has 1 aromatic rings. The lowest BCUT2D eigenvalue weighted by molar-refractivity contribution is -0.126. The fourth-order valence-corrected chi connectivity index (χ4v) is 3.08. The van der Waals surface area contributed by atoms with Gasteiger partial charge >= 0.3 is 0 Å². The van der Waals surface area contributed by atoms with Gasteiger partial charge in [0, 0.05) is 19.0 Å². The number of amides is 1. The second-order valence-electron chi connectivity index (χ2n) is 5.44. The Morgan fingerprint density at radius 3 is 2.45 bits per heavy atom. The minimum atomic E-state index is 0.161. The Bertz CT molecular complexity index is 436. The predicted octanol–water partition coefficient (Wildman–Crippen LogP) is 2.30. The first-order valence-electron chi connectivity index (χ1n) is 7.40. The summed E-state index contributed by atoms with van der Waals surface area (Å²) in [5.41, 5.74) is 1.24. The SMILES string of the molecule is CCC(c1ccc(O)cc1)N1CCC(C(=O)NC)CC1. The highest BCUT2D eigenvalue weighted by molar-refractivity contribution is 5.78. The number of hydrogen-bond donors (Lipinski definition) is 2.